The monoisotopic (exact) mass is 415 g/mol. The van der Waals surface area contributed by atoms with Crippen LogP contribution in [-0.4, -0.2) is 25.0 Å². The van der Waals surface area contributed by atoms with E-state index in [0.717, 1.165) is 27.8 Å². The molecular weight excluding hydrogens is 386 g/mol. The molecule has 0 saturated heterocycles. The van der Waals surface area contributed by atoms with E-state index in [1.165, 1.54) is 7.11 Å². The molecule has 0 unspecified atom stereocenters. The predicted molar refractivity (Wildman–Crippen MR) is 123 cm³/mol. The molecule has 0 aromatic heterocycles. The Morgan fingerprint density at radius 3 is 1.77 bits per heavy atom. The summed E-state index contributed by atoms with van der Waals surface area (Å²) in [7, 11) is 1.35. The highest BCUT2D eigenvalue weighted by Crippen LogP contribution is 2.32. The van der Waals surface area contributed by atoms with Gasteiger partial charge in [0.2, 0.25) is 5.91 Å². The Morgan fingerprint density at radius 1 is 0.839 bits per heavy atom. The van der Waals surface area contributed by atoms with E-state index in [9.17, 15) is 9.59 Å². The number of rotatable bonds is 7. The zero-order valence-corrected chi connectivity index (χ0v) is 18.5. The van der Waals surface area contributed by atoms with Crippen LogP contribution in [0.15, 0.2) is 78.9 Å². The van der Waals surface area contributed by atoms with Gasteiger partial charge in [-0.25, -0.2) is 4.79 Å². The van der Waals surface area contributed by atoms with Gasteiger partial charge in [0.15, 0.2) is 0 Å². The van der Waals surface area contributed by atoms with E-state index in [4.69, 9.17) is 4.74 Å². The quantitative estimate of drug-likeness (QED) is 0.578. The lowest BCUT2D eigenvalue weighted by molar-refractivity contribution is -0.145. The third kappa shape index (κ3) is 4.69. The summed E-state index contributed by atoms with van der Waals surface area (Å²) in [6.45, 7) is 5.91. The van der Waals surface area contributed by atoms with Crippen molar-refractivity contribution in [3.05, 3.63) is 107 Å². The van der Waals surface area contributed by atoms with Gasteiger partial charge in [0, 0.05) is 6.42 Å². The molecule has 0 aliphatic rings. The Kier molecular flexibility index (Phi) is 6.91. The standard InChI is InChI=1S/C27H29NO3/c1-19-12-11-13-20(2)23(19)18-24(25(29)31-4)28-26(30)27(3,21-14-7-5-8-15-21)22-16-9-6-10-17-22/h5-17,24H,18H2,1-4H3,(H,28,30)/t24-/m1/s1. The first kappa shape index (κ1) is 22.3. The van der Waals surface area contributed by atoms with Crippen LogP contribution in [0.2, 0.25) is 0 Å². The van der Waals surface area contributed by atoms with E-state index >= 15 is 0 Å². The van der Waals surface area contributed by atoms with Crippen LogP contribution in [0.25, 0.3) is 0 Å². The van der Waals surface area contributed by atoms with E-state index in [1.807, 2.05) is 99.6 Å². The number of amides is 1. The molecule has 0 fully saturated rings. The van der Waals surface area contributed by atoms with Crippen molar-refractivity contribution >= 4 is 11.9 Å². The number of nitrogens with one attached hydrogen (secondary N) is 1. The highest BCUT2D eigenvalue weighted by Gasteiger charge is 2.39. The van der Waals surface area contributed by atoms with Gasteiger partial charge in [0.05, 0.1) is 12.5 Å². The van der Waals surface area contributed by atoms with Gasteiger partial charge in [-0.3, -0.25) is 4.79 Å². The number of methoxy groups -OCH3 is 1. The van der Waals surface area contributed by atoms with E-state index < -0.39 is 17.4 Å². The van der Waals surface area contributed by atoms with Crippen LogP contribution in [0.4, 0.5) is 0 Å². The summed E-state index contributed by atoms with van der Waals surface area (Å²) in [5.41, 5.74) is 3.95. The van der Waals surface area contributed by atoms with E-state index in [1.54, 1.807) is 0 Å². The lowest BCUT2D eigenvalue weighted by atomic mass is 9.75. The largest absolute Gasteiger partial charge is 0.467 e. The molecule has 4 heteroatoms. The molecular formula is C27H29NO3. The first-order valence-electron chi connectivity index (χ1n) is 10.4. The van der Waals surface area contributed by atoms with Crippen molar-refractivity contribution in [1.29, 1.82) is 0 Å². The van der Waals surface area contributed by atoms with Crippen molar-refractivity contribution in [1.82, 2.24) is 5.32 Å². The first-order valence-corrected chi connectivity index (χ1v) is 10.4. The number of carbonyl (C=O) groups is 2. The maximum atomic E-state index is 13.7. The molecule has 1 atom stereocenters. The molecule has 0 radical (unpaired) electrons. The second kappa shape index (κ2) is 9.61. The first-order chi connectivity index (χ1) is 14.9. The average Bonchev–Trinajstić information content (AvgIpc) is 2.80. The predicted octanol–water partition coefficient (Wildman–Crippen LogP) is 4.51. The molecule has 1 N–H and O–H groups in total. The van der Waals surface area contributed by atoms with Gasteiger partial charge in [-0.15, -0.1) is 0 Å². The fraction of sp³-hybridized carbons (Fsp3) is 0.259. The second-order valence-corrected chi connectivity index (χ2v) is 7.98. The molecule has 3 aromatic carbocycles. The Balaban J connectivity index is 1.99. The number of aryl methyl sites for hydroxylation is 2. The van der Waals surface area contributed by atoms with Crippen LogP contribution < -0.4 is 5.32 Å². The molecule has 0 heterocycles. The third-order valence-electron chi connectivity index (χ3n) is 6.00. The Morgan fingerprint density at radius 2 is 1.32 bits per heavy atom. The van der Waals surface area contributed by atoms with Gasteiger partial charge in [-0.1, -0.05) is 78.9 Å². The number of hydrogen-bond acceptors (Lipinski definition) is 3. The fourth-order valence-electron chi connectivity index (χ4n) is 3.99. The molecule has 0 aliphatic heterocycles. The minimum Gasteiger partial charge on any atom is -0.467 e. The Hall–Kier alpha value is -3.40. The molecule has 0 bridgehead atoms. The zero-order chi connectivity index (χ0) is 22.4. The fourth-order valence-corrected chi connectivity index (χ4v) is 3.99. The number of carbonyl (C=O) groups excluding carboxylic acids is 2. The highest BCUT2D eigenvalue weighted by molar-refractivity contribution is 5.94. The van der Waals surface area contributed by atoms with Gasteiger partial charge >= 0.3 is 5.97 Å². The molecule has 0 aliphatic carbocycles. The number of hydrogen-bond donors (Lipinski definition) is 1. The zero-order valence-electron chi connectivity index (χ0n) is 18.5. The summed E-state index contributed by atoms with van der Waals surface area (Å²) in [5.74, 6) is -0.703. The minimum atomic E-state index is -0.963. The van der Waals surface area contributed by atoms with Crippen molar-refractivity contribution in [2.24, 2.45) is 0 Å². The lowest BCUT2D eigenvalue weighted by Crippen LogP contribution is -2.51. The van der Waals surface area contributed by atoms with Crippen LogP contribution in [-0.2, 0) is 26.2 Å². The topological polar surface area (TPSA) is 55.4 Å². The van der Waals surface area contributed by atoms with Gasteiger partial charge in [-0.05, 0) is 48.6 Å². The van der Waals surface area contributed by atoms with E-state index in [-0.39, 0.29) is 5.91 Å². The van der Waals surface area contributed by atoms with E-state index in [0.29, 0.717) is 6.42 Å². The van der Waals surface area contributed by atoms with Gasteiger partial charge in [0.1, 0.15) is 6.04 Å². The molecule has 160 valence electrons. The summed E-state index contributed by atoms with van der Waals surface area (Å²) in [5, 5.41) is 2.99. The van der Waals surface area contributed by atoms with Crippen molar-refractivity contribution < 1.29 is 14.3 Å². The van der Waals surface area contributed by atoms with Crippen LogP contribution >= 0.6 is 0 Å². The number of esters is 1. The second-order valence-electron chi connectivity index (χ2n) is 7.98. The molecule has 4 nitrogen and oxygen atoms in total. The maximum Gasteiger partial charge on any atom is 0.328 e. The molecule has 31 heavy (non-hydrogen) atoms. The Labute approximate surface area is 184 Å². The summed E-state index contributed by atoms with van der Waals surface area (Å²) >= 11 is 0. The van der Waals surface area contributed by atoms with Crippen molar-refractivity contribution in [3.63, 3.8) is 0 Å². The molecule has 3 aromatic rings. The van der Waals surface area contributed by atoms with Gasteiger partial charge in [0.25, 0.3) is 0 Å². The van der Waals surface area contributed by atoms with Crippen molar-refractivity contribution in [3.8, 4) is 0 Å². The molecule has 1 amide bonds. The molecule has 0 saturated carbocycles. The van der Waals surface area contributed by atoms with E-state index in [2.05, 4.69) is 5.32 Å². The van der Waals surface area contributed by atoms with Crippen LogP contribution in [0, 0.1) is 13.8 Å². The maximum absolute atomic E-state index is 13.7. The van der Waals surface area contributed by atoms with Gasteiger partial charge in [-0.2, -0.15) is 0 Å². The summed E-state index contributed by atoms with van der Waals surface area (Å²) in [4.78, 5) is 26.4. The summed E-state index contributed by atoms with van der Waals surface area (Å²) in [6, 6.07) is 24.5. The Bertz CT molecular complexity index is 985. The molecule has 0 spiro atoms. The summed E-state index contributed by atoms with van der Waals surface area (Å²) < 4.78 is 5.04. The van der Waals surface area contributed by atoms with Crippen molar-refractivity contribution in [2.75, 3.05) is 7.11 Å². The SMILES string of the molecule is COC(=O)[C@@H](Cc1c(C)cccc1C)NC(=O)C(C)(c1ccccc1)c1ccccc1. The van der Waals surface area contributed by atoms with Crippen LogP contribution in [0.5, 0.6) is 0 Å². The number of ether oxygens (including phenoxy) is 1. The molecule has 3 rings (SSSR count). The third-order valence-corrected chi connectivity index (χ3v) is 6.00. The van der Waals surface area contributed by atoms with Crippen LogP contribution in [0.1, 0.15) is 34.7 Å². The normalized spacial score (nSPS) is 12.1. The smallest absolute Gasteiger partial charge is 0.328 e. The van der Waals surface area contributed by atoms with Crippen LogP contribution in [0.3, 0.4) is 0 Å². The lowest BCUT2D eigenvalue weighted by Gasteiger charge is -2.31. The number of benzene rings is 3. The minimum absolute atomic E-state index is 0.244. The summed E-state index contributed by atoms with van der Waals surface area (Å²) in [6.07, 6.45) is 0.372. The average molecular weight is 416 g/mol. The highest BCUT2D eigenvalue weighted by atomic mass is 16.5. The van der Waals surface area contributed by atoms with Gasteiger partial charge < -0.3 is 10.1 Å². The van der Waals surface area contributed by atoms with Crippen molar-refractivity contribution in [2.45, 2.75) is 38.6 Å².